The highest BCUT2D eigenvalue weighted by molar-refractivity contribution is 6.37. The number of carbonyl (C=O) groups is 2. The molecule has 1 aliphatic heterocycles. The Morgan fingerprint density at radius 1 is 1.05 bits per heavy atom. The molecule has 1 atom stereocenters. The largest absolute Gasteiger partial charge is 0.486 e. The summed E-state index contributed by atoms with van der Waals surface area (Å²) < 4.78 is 11.2. The van der Waals surface area contributed by atoms with Gasteiger partial charge in [0.15, 0.2) is 11.5 Å². The van der Waals surface area contributed by atoms with Crippen LogP contribution in [0.5, 0.6) is 5.75 Å². The number of hydrogen-bond acceptors (Lipinski definition) is 7. The number of hydrogen-bond donors (Lipinski definition) is 1. The molecule has 39 heavy (non-hydrogen) atoms. The number of halogens is 2. The first-order valence-corrected chi connectivity index (χ1v) is 12.8. The Hall–Kier alpha value is -4.14. The molecular weight excluding hydrogens is 543 g/mol. The van der Waals surface area contributed by atoms with E-state index in [0.717, 1.165) is 5.56 Å². The van der Waals surface area contributed by atoms with Gasteiger partial charge in [-0.05, 0) is 49.2 Å². The summed E-state index contributed by atoms with van der Waals surface area (Å²) in [5, 5.41) is 14.5. The van der Waals surface area contributed by atoms with Gasteiger partial charge in [0, 0.05) is 40.4 Å². The number of nitrogens with zero attached hydrogens (tertiary/aromatic N) is 1. The molecule has 0 amide bonds. The first-order chi connectivity index (χ1) is 18.7. The molecule has 5 rings (SSSR count). The molecule has 1 heterocycles. The van der Waals surface area contributed by atoms with Crippen LogP contribution in [0.3, 0.4) is 0 Å². The van der Waals surface area contributed by atoms with Gasteiger partial charge in [-0.25, -0.2) is 4.79 Å². The van der Waals surface area contributed by atoms with E-state index in [9.17, 15) is 19.7 Å². The lowest BCUT2D eigenvalue weighted by atomic mass is 9.80. The van der Waals surface area contributed by atoms with Gasteiger partial charge in [-0.3, -0.25) is 14.9 Å². The lowest BCUT2D eigenvalue weighted by Crippen LogP contribution is -2.29. The maximum absolute atomic E-state index is 13.6. The third-order valence-electron chi connectivity index (χ3n) is 6.63. The molecule has 2 aliphatic rings. The number of ether oxygens (including phenoxy) is 2. The summed E-state index contributed by atoms with van der Waals surface area (Å²) in [6, 6.07) is 16.4. The number of fused-ring (bicyclic) bond motifs is 2. The zero-order valence-electron chi connectivity index (χ0n) is 20.9. The molecule has 0 saturated heterocycles. The van der Waals surface area contributed by atoms with Gasteiger partial charge in [0.25, 0.3) is 5.69 Å². The van der Waals surface area contributed by atoms with Crippen molar-refractivity contribution >= 4 is 46.3 Å². The molecule has 1 N–H and O–H groups in total. The van der Waals surface area contributed by atoms with Gasteiger partial charge < -0.3 is 14.8 Å². The molecule has 0 radical (unpaired) electrons. The topological polar surface area (TPSA) is 108 Å². The first kappa shape index (κ1) is 26.5. The van der Waals surface area contributed by atoms with Crippen LogP contribution in [0.4, 0.5) is 5.69 Å². The maximum atomic E-state index is 13.6. The fourth-order valence-electron chi connectivity index (χ4n) is 4.90. The van der Waals surface area contributed by atoms with Crippen LogP contribution in [-0.2, 0) is 16.1 Å². The van der Waals surface area contributed by atoms with Crippen LogP contribution in [-0.4, -0.2) is 23.3 Å². The number of non-ortho nitro benzene ring substituents is 1. The third kappa shape index (κ3) is 4.77. The van der Waals surface area contributed by atoms with Gasteiger partial charge in [-0.15, -0.1) is 0 Å². The minimum absolute atomic E-state index is 0.0285. The number of nitrogens with one attached hydrogen (secondary N) is 1. The van der Waals surface area contributed by atoms with Gasteiger partial charge in [-0.2, -0.15) is 0 Å². The number of ketones is 1. The normalized spacial score (nSPS) is 16.0. The van der Waals surface area contributed by atoms with Crippen molar-refractivity contribution in [2.24, 2.45) is 0 Å². The fourth-order valence-corrected chi connectivity index (χ4v) is 5.51. The number of esters is 1. The number of carbonyl (C=O) groups excluding carboxylic acids is 2. The number of nitro benzene ring substituents is 1. The van der Waals surface area contributed by atoms with E-state index < -0.39 is 16.8 Å². The van der Waals surface area contributed by atoms with Gasteiger partial charge in [0.1, 0.15) is 6.61 Å². The number of benzene rings is 3. The van der Waals surface area contributed by atoms with Gasteiger partial charge in [0.2, 0.25) is 0 Å². The Kier molecular flexibility index (Phi) is 7.16. The molecule has 0 aromatic heterocycles. The van der Waals surface area contributed by atoms with Crippen molar-refractivity contribution in [1.29, 1.82) is 0 Å². The fraction of sp³-hybridized carbons (Fsp3) is 0.172. The minimum Gasteiger partial charge on any atom is -0.486 e. The van der Waals surface area contributed by atoms with Crippen LogP contribution < -0.4 is 10.1 Å². The van der Waals surface area contributed by atoms with Crippen molar-refractivity contribution in [3.8, 4) is 5.75 Å². The van der Waals surface area contributed by atoms with Crippen molar-refractivity contribution in [2.45, 2.75) is 26.4 Å². The molecule has 0 bridgehead atoms. The zero-order valence-corrected chi connectivity index (χ0v) is 22.4. The highest BCUT2D eigenvalue weighted by Gasteiger charge is 2.43. The van der Waals surface area contributed by atoms with E-state index >= 15 is 0 Å². The molecule has 0 saturated carbocycles. The molecule has 8 nitrogen and oxygen atoms in total. The summed E-state index contributed by atoms with van der Waals surface area (Å²) in [6.45, 7) is 3.71. The van der Waals surface area contributed by atoms with Crippen LogP contribution in [0.2, 0.25) is 10.0 Å². The van der Waals surface area contributed by atoms with Crippen molar-refractivity contribution in [3.05, 3.63) is 120 Å². The number of rotatable bonds is 7. The van der Waals surface area contributed by atoms with E-state index in [2.05, 4.69) is 5.32 Å². The molecule has 198 valence electrons. The third-order valence-corrected chi connectivity index (χ3v) is 7.19. The lowest BCUT2D eigenvalue weighted by Gasteiger charge is -2.29. The Labute approximate surface area is 234 Å². The maximum Gasteiger partial charge on any atom is 0.336 e. The first-order valence-electron chi connectivity index (χ1n) is 12.1. The predicted octanol–water partition coefficient (Wildman–Crippen LogP) is 6.61. The number of allylic oxidation sites excluding steroid dienone is 2. The molecule has 3 aromatic rings. The summed E-state index contributed by atoms with van der Waals surface area (Å²) in [7, 11) is 0. The van der Waals surface area contributed by atoms with Gasteiger partial charge >= 0.3 is 5.97 Å². The average molecular weight is 565 g/mol. The summed E-state index contributed by atoms with van der Waals surface area (Å²) in [5.74, 6) is -1.31. The Morgan fingerprint density at radius 3 is 2.31 bits per heavy atom. The van der Waals surface area contributed by atoms with E-state index in [1.165, 1.54) is 12.1 Å². The van der Waals surface area contributed by atoms with Crippen molar-refractivity contribution < 1.29 is 24.0 Å². The van der Waals surface area contributed by atoms with Crippen LogP contribution >= 0.6 is 23.2 Å². The van der Waals surface area contributed by atoms with Crippen LogP contribution in [0, 0.1) is 10.1 Å². The standard InChI is InChI=1S/C29H22Cl2N2O6/c1-3-38-29(35)23-15(2)32-26-19-6-4-5-7-20(19)27(34)25(26)24(23)17-12-21(30)28(22(31)13-17)39-14-16-8-10-18(11-9-16)33(36)37/h4-13,24,32H,3,14H2,1-2H3/t24-/m0/s1. The van der Waals surface area contributed by atoms with E-state index in [0.29, 0.717) is 39.2 Å². The molecule has 3 aromatic carbocycles. The van der Waals surface area contributed by atoms with E-state index in [1.807, 2.05) is 12.1 Å². The molecule has 1 aliphatic carbocycles. The lowest BCUT2D eigenvalue weighted by molar-refractivity contribution is -0.384. The number of dihydropyridines is 1. The molecular formula is C29H22Cl2N2O6. The Bertz CT molecular complexity index is 1570. The van der Waals surface area contributed by atoms with Gasteiger partial charge in [0.05, 0.1) is 32.8 Å². The van der Waals surface area contributed by atoms with Crippen molar-refractivity contribution in [2.75, 3.05) is 6.61 Å². The monoisotopic (exact) mass is 564 g/mol. The van der Waals surface area contributed by atoms with Gasteiger partial charge in [-0.1, -0.05) is 47.5 Å². The number of nitro groups is 1. The molecule has 0 unspecified atom stereocenters. The average Bonchev–Trinajstić information content (AvgIpc) is 3.19. The smallest absolute Gasteiger partial charge is 0.336 e. The van der Waals surface area contributed by atoms with Crippen molar-refractivity contribution in [3.63, 3.8) is 0 Å². The van der Waals surface area contributed by atoms with Crippen LogP contribution in [0.15, 0.2) is 77.5 Å². The van der Waals surface area contributed by atoms with E-state index in [-0.39, 0.29) is 40.5 Å². The zero-order chi connectivity index (χ0) is 27.8. The molecule has 0 spiro atoms. The summed E-state index contributed by atoms with van der Waals surface area (Å²) in [5.41, 5.74) is 4.39. The second-order valence-electron chi connectivity index (χ2n) is 9.01. The quantitative estimate of drug-likeness (QED) is 0.195. The molecule has 0 fully saturated rings. The Balaban J connectivity index is 1.53. The second-order valence-corrected chi connectivity index (χ2v) is 9.82. The van der Waals surface area contributed by atoms with Crippen molar-refractivity contribution in [1.82, 2.24) is 5.32 Å². The highest BCUT2D eigenvalue weighted by atomic mass is 35.5. The number of Topliss-reactive ketones (excluding diaryl/α,β-unsaturated/α-hetero) is 1. The summed E-state index contributed by atoms with van der Waals surface area (Å²) in [6.07, 6.45) is 0. The summed E-state index contributed by atoms with van der Waals surface area (Å²) in [4.78, 5) is 37.2. The summed E-state index contributed by atoms with van der Waals surface area (Å²) >= 11 is 13.3. The SMILES string of the molecule is CCOC(=O)C1=C(C)NC2=C(C(=O)c3ccccc32)[C@H]1c1cc(Cl)c(OCc2ccc([N+](=O)[O-])cc2)c(Cl)c1. The minimum atomic E-state index is -0.779. The predicted molar refractivity (Wildman–Crippen MR) is 147 cm³/mol. The van der Waals surface area contributed by atoms with E-state index in [4.69, 9.17) is 32.7 Å². The molecule has 10 heteroatoms. The van der Waals surface area contributed by atoms with Crippen LogP contribution in [0.25, 0.3) is 5.70 Å². The highest BCUT2D eigenvalue weighted by Crippen LogP contribution is 2.48. The Morgan fingerprint density at radius 2 is 1.69 bits per heavy atom. The van der Waals surface area contributed by atoms with Crippen LogP contribution in [0.1, 0.15) is 46.8 Å². The second kappa shape index (κ2) is 10.6. The van der Waals surface area contributed by atoms with E-state index in [1.54, 1.807) is 50.2 Å².